The Morgan fingerprint density at radius 1 is 0.967 bits per heavy atom. The lowest BCUT2D eigenvalue weighted by molar-refractivity contribution is 0.0954. The number of urea groups is 1. The monoisotopic (exact) mass is 506 g/mol. The Kier molecular flexibility index (Phi) is 7.68. The summed E-state index contributed by atoms with van der Waals surface area (Å²) >= 11 is 15.3. The lowest BCUT2D eigenvalue weighted by Crippen LogP contribution is -2.26. The molecule has 30 heavy (non-hydrogen) atoms. The summed E-state index contributed by atoms with van der Waals surface area (Å²) in [6, 6.07) is 12.9. The van der Waals surface area contributed by atoms with Gasteiger partial charge in [-0.3, -0.25) is 9.78 Å². The maximum Gasteiger partial charge on any atom is 0.323 e. The van der Waals surface area contributed by atoms with Gasteiger partial charge in [-0.1, -0.05) is 29.3 Å². The van der Waals surface area contributed by atoms with Gasteiger partial charge >= 0.3 is 6.03 Å². The molecule has 1 aromatic heterocycles. The highest BCUT2D eigenvalue weighted by Gasteiger charge is 2.09. The SMILES string of the molecule is O=C(Nc1cccc(C(=O)NCCc2ccncc2Br)c1)Nc1ccc(Cl)c(Cl)c1. The van der Waals surface area contributed by atoms with Gasteiger partial charge < -0.3 is 16.0 Å². The van der Waals surface area contributed by atoms with Crippen molar-refractivity contribution in [1.82, 2.24) is 10.3 Å². The third-order valence-electron chi connectivity index (χ3n) is 4.10. The van der Waals surface area contributed by atoms with Crippen LogP contribution in [0.2, 0.25) is 10.0 Å². The Bertz CT molecular complexity index is 1080. The lowest BCUT2D eigenvalue weighted by atomic mass is 10.1. The zero-order valence-electron chi connectivity index (χ0n) is 15.6. The van der Waals surface area contributed by atoms with E-state index in [9.17, 15) is 9.59 Å². The van der Waals surface area contributed by atoms with Gasteiger partial charge in [-0.25, -0.2) is 4.79 Å². The molecule has 0 radical (unpaired) electrons. The third-order valence-corrected chi connectivity index (χ3v) is 5.55. The van der Waals surface area contributed by atoms with Crippen LogP contribution in [0, 0.1) is 0 Å². The second kappa shape index (κ2) is 10.4. The number of nitrogens with zero attached hydrogens (tertiary/aromatic N) is 1. The summed E-state index contributed by atoms with van der Waals surface area (Å²) < 4.78 is 0.901. The van der Waals surface area contributed by atoms with Crippen LogP contribution in [0.25, 0.3) is 0 Å². The number of nitrogens with one attached hydrogen (secondary N) is 3. The molecule has 0 aliphatic heterocycles. The van der Waals surface area contributed by atoms with E-state index in [1.807, 2.05) is 6.07 Å². The van der Waals surface area contributed by atoms with E-state index in [0.717, 1.165) is 10.0 Å². The van der Waals surface area contributed by atoms with Crippen LogP contribution in [-0.4, -0.2) is 23.5 Å². The topological polar surface area (TPSA) is 83.1 Å². The summed E-state index contributed by atoms with van der Waals surface area (Å²) in [7, 11) is 0. The van der Waals surface area contributed by atoms with Gasteiger partial charge in [-0.2, -0.15) is 0 Å². The summed E-state index contributed by atoms with van der Waals surface area (Å²) in [6.07, 6.45) is 4.09. The maximum atomic E-state index is 12.4. The minimum absolute atomic E-state index is 0.228. The van der Waals surface area contributed by atoms with Crippen molar-refractivity contribution < 1.29 is 9.59 Å². The standard InChI is InChI=1S/C21H17BrCl2N4O2/c22-17-12-25-8-6-13(17)7-9-26-20(29)14-2-1-3-15(10-14)27-21(30)28-16-4-5-18(23)19(24)11-16/h1-6,8,10-12H,7,9H2,(H,26,29)(H2,27,28,30). The zero-order chi connectivity index (χ0) is 21.5. The van der Waals surface area contributed by atoms with Crippen molar-refractivity contribution >= 4 is 62.4 Å². The molecule has 154 valence electrons. The number of amides is 3. The number of anilines is 2. The predicted molar refractivity (Wildman–Crippen MR) is 124 cm³/mol. The average molecular weight is 508 g/mol. The van der Waals surface area contributed by atoms with E-state index in [1.165, 1.54) is 0 Å². The van der Waals surface area contributed by atoms with Crippen LogP contribution in [0.3, 0.4) is 0 Å². The van der Waals surface area contributed by atoms with Gasteiger partial charge in [0.05, 0.1) is 10.0 Å². The van der Waals surface area contributed by atoms with Gasteiger partial charge in [-0.05, 0) is 70.4 Å². The van der Waals surface area contributed by atoms with E-state index in [0.29, 0.717) is 39.9 Å². The van der Waals surface area contributed by atoms with Crippen molar-refractivity contribution in [1.29, 1.82) is 0 Å². The van der Waals surface area contributed by atoms with Gasteiger partial charge in [0.15, 0.2) is 0 Å². The summed E-state index contributed by atoms with van der Waals surface area (Å²) in [5.41, 5.74) is 2.48. The molecule has 3 N–H and O–H groups in total. The second-order valence-corrected chi connectivity index (χ2v) is 7.93. The van der Waals surface area contributed by atoms with Gasteiger partial charge in [-0.15, -0.1) is 0 Å². The van der Waals surface area contributed by atoms with Crippen molar-refractivity contribution in [2.75, 3.05) is 17.2 Å². The Hall–Kier alpha value is -2.61. The molecule has 0 spiro atoms. The van der Waals surface area contributed by atoms with Gasteiger partial charge in [0, 0.05) is 40.3 Å². The van der Waals surface area contributed by atoms with E-state index >= 15 is 0 Å². The van der Waals surface area contributed by atoms with Crippen LogP contribution in [-0.2, 0) is 6.42 Å². The van der Waals surface area contributed by atoms with E-state index in [-0.39, 0.29) is 5.91 Å². The summed E-state index contributed by atoms with van der Waals surface area (Å²) in [4.78, 5) is 28.7. The first-order valence-corrected chi connectivity index (χ1v) is 10.5. The molecular weight excluding hydrogens is 491 g/mol. The highest BCUT2D eigenvalue weighted by atomic mass is 79.9. The third kappa shape index (κ3) is 6.19. The number of halogens is 3. The van der Waals surface area contributed by atoms with Crippen molar-refractivity contribution in [3.8, 4) is 0 Å². The molecule has 0 unspecified atom stereocenters. The highest BCUT2D eigenvalue weighted by Crippen LogP contribution is 2.25. The molecule has 3 amide bonds. The summed E-state index contributed by atoms with van der Waals surface area (Å²) in [5.74, 6) is -0.228. The first-order chi connectivity index (χ1) is 14.4. The number of aromatic nitrogens is 1. The number of carbonyl (C=O) groups excluding carboxylic acids is 2. The van der Waals surface area contributed by atoms with Crippen molar-refractivity contribution in [3.63, 3.8) is 0 Å². The molecule has 0 saturated carbocycles. The average Bonchev–Trinajstić information content (AvgIpc) is 2.72. The molecule has 3 aromatic rings. The van der Waals surface area contributed by atoms with E-state index < -0.39 is 6.03 Å². The molecule has 6 nitrogen and oxygen atoms in total. The molecule has 9 heteroatoms. The van der Waals surface area contributed by atoms with Crippen molar-refractivity contribution in [2.24, 2.45) is 0 Å². The molecule has 0 bridgehead atoms. The largest absolute Gasteiger partial charge is 0.352 e. The summed E-state index contributed by atoms with van der Waals surface area (Å²) in [6.45, 7) is 0.469. The highest BCUT2D eigenvalue weighted by molar-refractivity contribution is 9.10. The zero-order valence-corrected chi connectivity index (χ0v) is 18.7. The van der Waals surface area contributed by atoms with E-state index in [2.05, 4.69) is 36.9 Å². The Labute approximate surface area is 192 Å². The molecule has 0 atom stereocenters. The molecule has 0 saturated heterocycles. The van der Waals surface area contributed by atoms with Gasteiger partial charge in [0.2, 0.25) is 0 Å². The fourth-order valence-corrected chi connectivity index (χ4v) is 3.37. The predicted octanol–water partition coefficient (Wildman–Crippen LogP) is 5.77. The smallest absolute Gasteiger partial charge is 0.323 e. The number of carbonyl (C=O) groups is 2. The van der Waals surface area contributed by atoms with Crippen LogP contribution < -0.4 is 16.0 Å². The molecule has 1 heterocycles. The van der Waals surface area contributed by atoms with Crippen LogP contribution in [0.5, 0.6) is 0 Å². The molecule has 0 aliphatic rings. The quantitative estimate of drug-likeness (QED) is 0.396. The van der Waals surface area contributed by atoms with Gasteiger partial charge in [0.25, 0.3) is 5.91 Å². The number of rotatable bonds is 6. The number of benzene rings is 2. The normalized spacial score (nSPS) is 10.4. The summed E-state index contributed by atoms with van der Waals surface area (Å²) in [5, 5.41) is 8.96. The van der Waals surface area contributed by atoms with Gasteiger partial charge in [0.1, 0.15) is 0 Å². The molecule has 0 fully saturated rings. The van der Waals surface area contributed by atoms with Crippen molar-refractivity contribution in [2.45, 2.75) is 6.42 Å². The van der Waals surface area contributed by atoms with Crippen molar-refractivity contribution in [3.05, 3.63) is 86.6 Å². The molecule has 0 aliphatic carbocycles. The lowest BCUT2D eigenvalue weighted by Gasteiger charge is -2.10. The second-order valence-electron chi connectivity index (χ2n) is 6.26. The van der Waals surface area contributed by atoms with Crippen LogP contribution in [0.1, 0.15) is 15.9 Å². The Morgan fingerprint density at radius 3 is 2.47 bits per heavy atom. The molecule has 3 rings (SSSR count). The fourth-order valence-electron chi connectivity index (χ4n) is 2.63. The first kappa shape index (κ1) is 22.1. The first-order valence-electron chi connectivity index (χ1n) is 8.92. The fraction of sp³-hybridized carbons (Fsp3) is 0.0952. The Balaban J connectivity index is 1.55. The number of pyridine rings is 1. The Morgan fingerprint density at radius 2 is 1.73 bits per heavy atom. The van der Waals surface area contributed by atoms with E-state index in [1.54, 1.807) is 54.9 Å². The molecular formula is C21H17BrCl2N4O2. The van der Waals surface area contributed by atoms with Crippen LogP contribution in [0.15, 0.2) is 65.4 Å². The van der Waals surface area contributed by atoms with Crippen LogP contribution in [0.4, 0.5) is 16.2 Å². The minimum Gasteiger partial charge on any atom is -0.352 e. The van der Waals surface area contributed by atoms with Crippen LogP contribution >= 0.6 is 39.1 Å². The molecule has 2 aromatic carbocycles. The van der Waals surface area contributed by atoms with E-state index in [4.69, 9.17) is 23.2 Å². The number of hydrogen-bond acceptors (Lipinski definition) is 3. The minimum atomic E-state index is -0.464. The number of hydrogen-bond donors (Lipinski definition) is 3. The maximum absolute atomic E-state index is 12.4.